The first-order valence-electron chi connectivity index (χ1n) is 7.49. The second kappa shape index (κ2) is 5.58. The molecule has 2 bridgehead atoms. The van der Waals surface area contributed by atoms with E-state index in [9.17, 15) is 10.1 Å². The molecule has 116 valence electrons. The predicted molar refractivity (Wildman–Crippen MR) is 81.5 cm³/mol. The van der Waals surface area contributed by atoms with E-state index >= 15 is 0 Å². The Morgan fingerprint density at radius 2 is 2.14 bits per heavy atom. The molecule has 1 aromatic rings. The monoisotopic (exact) mass is 300 g/mol. The van der Waals surface area contributed by atoms with Crippen LogP contribution in [0.5, 0.6) is 0 Å². The number of fused-ring (bicyclic) bond motifs is 3. The second-order valence-electron chi connectivity index (χ2n) is 6.11. The summed E-state index contributed by atoms with van der Waals surface area (Å²) in [6.45, 7) is 6.12. The molecule has 0 aliphatic carbocycles. The number of rotatable bonds is 1. The summed E-state index contributed by atoms with van der Waals surface area (Å²) in [7, 11) is 1.85. The van der Waals surface area contributed by atoms with E-state index in [1.807, 2.05) is 27.0 Å². The van der Waals surface area contributed by atoms with Crippen molar-refractivity contribution in [2.75, 3.05) is 38.3 Å². The van der Waals surface area contributed by atoms with Crippen molar-refractivity contribution in [2.45, 2.75) is 19.9 Å². The molecule has 0 N–H and O–H groups in total. The number of nitrogens with zero attached hydrogens (tertiary/aromatic N) is 4. The smallest absolute Gasteiger partial charge is 0.229 e. The minimum absolute atomic E-state index is 0.0399. The lowest BCUT2D eigenvalue weighted by molar-refractivity contribution is -0.133. The third-order valence-electron chi connectivity index (χ3n) is 4.57. The molecule has 0 unspecified atom stereocenters. The normalized spacial score (nSPS) is 24.9. The number of nitriles is 1. The van der Waals surface area contributed by atoms with Crippen molar-refractivity contribution in [2.24, 2.45) is 5.92 Å². The van der Waals surface area contributed by atoms with Crippen LogP contribution in [-0.2, 0) is 9.53 Å². The van der Waals surface area contributed by atoms with Gasteiger partial charge in [0.25, 0.3) is 0 Å². The van der Waals surface area contributed by atoms with Crippen LogP contribution in [0.25, 0.3) is 0 Å². The minimum Gasteiger partial charge on any atom is -0.378 e. The van der Waals surface area contributed by atoms with Gasteiger partial charge in [-0.25, -0.2) is 4.98 Å². The highest BCUT2D eigenvalue weighted by atomic mass is 16.5. The SMILES string of the molecule is Cc1cc(N2C[C@@H]3COC[C@H](C2)N(C)C3=O)nc(C)c1C#N. The number of pyridine rings is 1. The Morgan fingerprint density at radius 1 is 1.36 bits per heavy atom. The van der Waals surface area contributed by atoms with E-state index in [0.717, 1.165) is 17.1 Å². The fourth-order valence-corrected chi connectivity index (χ4v) is 3.23. The molecule has 6 heteroatoms. The molecule has 1 amide bonds. The van der Waals surface area contributed by atoms with Gasteiger partial charge in [-0.1, -0.05) is 0 Å². The van der Waals surface area contributed by atoms with Crippen molar-refractivity contribution >= 4 is 11.7 Å². The minimum atomic E-state index is -0.157. The molecule has 0 spiro atoms. The molecule has 0 saturated carbocycles. The highest BCUT2D eigenvalue weighted by Crippen LogP contribution is 2.25. The molecule has 2 fully saturated rings. The Morgan fingerprint density at radius 3 is 2.82 bits per heavy atom. The number of anilines is 1. The lowest BCUT2D eigenvalue weighted by Crippen LogP contribution is -2.43. The van der Waals surface area contributed by atoms with Crippen LogP contribution in [0.2, 0.25) is 0 Å². The van der Waals surface area contributed by atoms with E-state index < -0.39 is 0 Å². The van der Waals surface area contributed by atoms with Gasteiger partial charge in [-0.3, -0.25) is 4.79 Å². The van der Waals surface area contributed by atoms with Gasteiger partial charge in [-0.05, 0) is 25.5 Å². The molecule has 0 radical (unpaired) electrons. The number of carbonyl (C=O) groups is 1. The first-order valence-corrected chi connectivity index (χ1v) is 7.49. The van der Waals surface area contributed by atoms with E-state index in [4.69, 9.17) is 4.74 Å². The summed E-state index contributed by atoms with van der Waals surface area (Å²) in [5.41, 5.74) is 2.30. The fourth-order valence-electron chi connectivity index (χ4n) is 3.23. The van der Waals surface area contributed by atoms with Crippen molar-refractivity contribution in [1.82, 2.24) is 9.88 Å². The lowest BCUT2D eigenvalue weighted by atomic mass is 10.1. The first kappa shape index (κ1) is 14.8. The maximum absolute atomic E-state index is 12.4. The molecule has 6 nitrogen and oxygen atoms in total. The molecule has 2 aliphatic heterocycles. The van der Waals surface area contributed by atoms with Crippen LogP contribution in [0.3, 0.4) is 0 Å². The van der Waals surface area contributed by atoms with E-state index in [0.29, 0.717) is 31.9 Å². The van der Waals surface area contributed by atoms with Crippen LogP contribution in [0, 0.1) is 31.1 Å². The molecule has 3 heterocycles. The Hall–Kier alpha value is -2.13. The Bertz CT molecular complexity index is 629. The van der Waals surface area contributed by atoms with Crippen LogP contribution in [0.1, 0.15) is 16.8 Å². The van der Waals surface area contributed by atoms with Gasteiger partial charge in [0.15, 0.2) is 0 Å². The standard InChI is InChI=1S/C16H20N4O2/c1-10-4-15(18-11(2)14(10)5-17)20-6-12-8-22-9-13(7-20)19(3)16(12)21/h4,12-13H,6-9H2,1-3H3/t12-,13+/m1/s1. The number of aryl methyl sites for hydroxylation is 2. The molecule has 3 rings (SSSR count). The van der Waals surface area contributed by atoms with Gasteiger partial charge >= 0.3 is 0 Å². The third kappa shape index (κ3) is 2.42. The quantitative estimate of drug-likeness (QED) is 0.769. The second-order valence-corrected chi connectivity index (χ2v) is 6.11. The summed E-state index contributed by atoms with van der Waals surface area (Å²) in [5.74, 6) is 0.830. The van der Waals surface area contributed by atoms with Crippen LogP contribution >= 0.6 is 0 Å². The third-order valence-corrected chi connectivity index (χ3v) is 4.57. The number of hydrogen-bond donors (Lipinski definition) is 0. The molecule has 1 aromatic heterocycles. The summed E-state index contributed by atoms with van der Waals surface area (Å²) < 4.78 is 5.62. The predicted octanol–water partition coefficient (Wildman–Crippen LogP) is 0.864. The van der Waals surface area contributed by atoms with E-state index in [1.54, 1.807) is 4.90 Å². The van der Waals surface area contributed by atoms with Gasteiger partial charge in [0.2, 0.25) is 5.91 Å². The van der Waals surface area contributed by atoms with Gasteiger partial charge in [0, 0.05) is 20.1 Å². The summed E-state index contributed by atoms with van der Waals surface area (Å²) in [5, 5.41) is 9.17. The van der Waals surface area contributed by atoms with E-state index in [1.165, 1.54) is 0 Å². The van der Waals surface area contributed by atoms with Gasteiger partial charge < -0.3 is 14.5 Å². The highest BCUT2D eigenvalue weighted by molar-refractivity contribution is 5.80. The van der Waals surface area contributed by atoms with E-state index in [-0.39, 0.29) is 17.9 Å². The van der Waals surface area contributed by atoms with Crippen LogP contribution < -0.4 is 4.90 Å². The Labute approximate surface area is 130 Å². The summed E-state index contributed by atoms with van der Waals surface area (Å²) >= 11 is 0. The number of carbonyl (C=O) groups excluding carboxylic acids is 1. The van der Waals surface area contributed by atoms with Crippen molar-refractivity contribution in [3.63, 3.8) is 0 Å². The maximum Gasteiger partial charge on any atom is 0.229 e. The lowest BCUT2D eigenvalue weighted by Gasteiger charge is -2.30. The van der Waals surface area contributed by atoms with Crippen molar-refractivity contribution in [3.05, 3.63) is 22.9 Å². The maximum atomic E-state index is 12.4. The summed E-state index contributed by atoms with van der Waals surface area (Å²) in [6.07, 6.45) is 0. The fraction of sp³-hybridized carbons (Fsp3) is 0.562. The number of aromatic nitrogens is 1. The van der Waals surface area contributed by atoms with Gasteiger partial charge in [-0.2, -0.15) is 5.26 Å². The van der Waals surface area contributed by atoms with Crippen molar-refractivity contribution < 1.29 is 9.53 Å². The number of likely N-dealkylation sites (N-methyl/N-ethyl adjacent to an activating group) is 1. The zero-order chi connectivity index (χ0) is 15.9. The van der Waals surface area contributed by atoms with Gasteiger partial charge in [0.1, 0.15) is 11.9 Å². The van der Waals surface area contributed by atoms with Crippen LogP contribution in [-0.4, -0.2) is 55.2 Å². The molecule has 2 atom stereocenters. The van der Waals surface area contributed by atoms with Crippen LogP contribution in [0.15, 0.2) is 6.07 Å². The van der Waals surface area contributed by atoms with Crippen LogP contribution in [0.4, 0.5) is 5.82 Å². The highest BCUT2D eigenvalue weighted by Gasteiger charge is 2.37. The molecule has 22 heavy (non-hydrogen) atoms. The molecule has 0 aromatic carbocycles. The largest absolute Gasteiger partial charge is 0.378 e. The average Bonchev–Trinajstić information content (AvgIpc) is 2.64. The Kier molecular flexibility index (Phi) is 3.75. The number of hydrogen-bond acceptors (Lipinski definition) is 5. The van der Waals surface area contributed by atoms with Gasteiger partial charge in [-0.15, -0.1) is 0 Å². The molecule has 2 saturated heterocycles. The average molecular weight is 300 g/mol. The Balaban J connectivity index is 1.96. The zero-order valence-electron chi connectivity index (χ0n) is 13.2. The topological polar surface area (TPSA) is 69.5 Å². The van der Waals surface area contributed by atoms with Crippen molar-refractivity contribution in [3.8, 4) is 6.07 Å². The number of ether oxygens (including phenoxy) is 1. The molecular formula is C16H20N4O2. The molecular weight excluding hydrogens is 280 g/mol. The number of amides is 1. The summed E-state index contributed by atoms with van der Waals surface area (Å²) in [6, 6.07) is 4.18. The summed E-state index contributed by atoms with van der Waals surface area (Å²) in [4.78, 5) is 20.9. The van der Waals surface area contributed by atoms with Gasteiger partial charge in [0.05, 0.1) is 36.4 Å². The van der Waals surface area contributed by atoms with Crippen molar-refractivity contribution in [1.29, 1.82) is 5.26 Å². The zero-order valence-corrected chi connectivity index (χ0v) is 13.2. The molecule has 2 aliphatic rings. The first-order chi connectivity index (χ1) is 10.5. The van der Waals surface area contributed by atoms with E-state index in [2.05, 4.69) is 16.0 Å².